The average molecular weight is 366 g/mol. The highest BCUT2D eigenvalue weighted by molar-refractivity contribution is 6.30. The minimum atomic E-state index is 0.410. The van der Waals surface area contributed by atoms with Crippen molar-refractivity contribution in [1.29, 1.82) is 5.26 Å². The lowest BCUT2D eigenvalue weighted by Gasteiger charge is -2.28. The van der Waals surface area contributed by atoms with Gasteiger partial charge in [0.1, 0.15) is 5.82 Å². The zero-order valence-corrected chi connectivity index (χ0v) is 15.2. The molecule has 2 aromatic heterocycles. The molecule has 0 unspecified atom stereocenters. The molecule has 0 atom stereocenters. The summed E-state index contributed by atoms with van der Waals surface area (Å²) in [6, 6.07) is 14.4. The van der Waals surface area contributed by atoms with E-state index in [0.29, 0.717) is 23.4 Å². The molecular formula is C20H20ClN5. The molecule has 1 saturated carbocycles. The molecule has 132 valence electrons. The van der Waals surface area contributed by atoms with Gasteiger partial charge in [-0.2, -0.15) is 5.26 Å². The number of imidazole rings is 1. The van der Waals surface area contributed by atoms with Crippen LogP contribution in [0.2, 0.25) is 5.02 Å². The number of nitrogens with one attached hydrogen (secondary N) is 1. The third-order valence-electron chi connectivity index (χ3n) is 5.06. The van der Waals surface area contributed by atoms with Gasteiger partial charge in [0.25, 0.3) is 0 Å². The first kappa shape index (κ1) is 16.9. The Labute approximate surface area is 157 Å². The molecule has 5 nitrogen and oxygen atoms in total. The van der Waals surface area contributed by atoms with Gasteiger partial charge in [0.15, 0.2) is 5.65 Å². The van der Waals surface area contributed by atoms with Gasteiger partial charge in [-0.25, -0.2) is 9.50 Å². The number of anilines is 1. The lowest BCUT2D eigenvalue weighted by atomic mass is 9.84. The van der Waals surface area contributed by atoms with Crippen molar-refractivity contribution in [1.82, 2.24) is 14.6 Å². The highest BCUT2D eigenvalue weighted by Gasteiger charge is 2.21. The van der Waals surface area contributed by atoms with Gasteiger partial charge in [0, 0.05) is 23.0 Å². The molecule has 4 rings (SSSR count). The van der Waals surface area contributed by atoms with Gasteiger partial charge in [0.2, 0.25) is 0 Å². The maximum absolute atomic E-state index is 8.84. The zero-order valence-electron chi connectivity index (χ0n) is 14.4. The van der Waals surface area contributed by atoms with Crippen LogP contribution in [0.15, 0.2) is 42.6 Å². The third-order valence-corrected chi connectivity index (χ3v) is 5.30. The predicted molar refractivity (Wildman–Crippen MR) is 103 cm³/mol. The van der Waals surface area contributed by atoms with E-state index >= 15 is 0 Å². The number of hydrogen-bond acceptors (Lipinski definition) is 4. The Hall–Kier alpha value is -2.58. The van der Waals surface area contributed by atoms with Gasteiger partial charge in [-0.3, -0.25) is 0 Å². The van der Waals surface area contributed by atoms with Crippen LogP contribution in [0, 0.1) is 17.2 Å². The van der Waals surface area contributed by atoms with Gasteiger partial charge in [-0.05, 0) is 55.9 Å². The summed E-state index contributed by atoms with van der Waals surface area (Å²) in [5.74, 6) is 1.40. The van der Waals surface area contributed by atoms with E-state index in [1.165, 1.54) is 0 Å². The Morgan fingerprint density at radius 1 is 1.19 bits per heavy atom. The van der Waals surface area contributed by atoms with E-state index in [1.54, 1.807) is 0 Å². The number of fused-ring (bicyclic) bond motifs is 1. The molecule has 0 saturated heterocycles. The number of hydrogen-bond donors (Lipinski definition) is 1. The fourth-order valence-electron chi connectivity index (χ4n) is 3.64. The predicted octanol–water partition coefficient (Wildman–Crippen LogP) is 4.93. The quantitative estimate of drug-likeness (QED) is 0.711. The summed E-state index contributed by atoms with van der Waals surface area (Å²) < 4.78 is 1.86. The van der Waals surface area contributed by atoms with Crippen molar-refractivity contribution in [3.63, 3.8) is 0 Å². The summed E-state index contributed by atoms with van der Waals surface area (Å²) in [4.78, 5) is 4.44. The van der Waals surface area contributed by atoms with E-state index in [4.69, 9.17) is 22.0 Å². The van der Waals surface area contributed by atoms with E-state index in [0.717, 1.165) is 48.4 Å². The van der Waals surface area contributed by atoms with Crippen LogP contribution >= 0.6 is 11.6 Å². The number of aromatic nitrogens is 3. The summed E-state index contributed by atoms with van der Waals surface area (Å²) in [6.45, 7) is 0. The van der Waals surface area contributed by atoms with Crippen LogP contribution in [0.25, 0.3) is 16.9 Å². The van der Waals surface area contributed by atoms with Crippen LogP contribution < -0.4 is 5.32 Å². The molecule has 1 aliphatic carbocycles. The Bertz CT molecular complexity index is 950. The summed E-state index contributed by atoms with van der Waals surface area (Å²) in [6.07, 6.45) is 6.87. The van der Waals surface area contributed by atoms with E-state index in [9.17, 15) is 0 Å². The third kappa shape index (κ3) is 3.51. The number of nitrogens with zero attached hydrogens (tertiary/aromatic N) is 4. The van der Waals surface area contributed by atoms with Gasteiger partial charge in [-0.1, -0.05) is 23.7 Å². The smallest absolute Gasteiger partial charge is 0.154 e. The van der Waals surface area contributed by atoms with Crippen molar-refractivity contribution >= 4 is 23.1 Å². The van der Waals surface area contributed by atoms with Crippen molar-refractivity contribution in [2.75, 3.05) is 5.32 Å². The summed E-state index contributed by atoms with van der Waals surface area (Å²) >= 11 is 6.12. The standard InChI is InChI=1S/C20H20ClN5/c21-16-3-1-2-15(12-16)18-13-23-20-9-8-19(25-26(18)20)24-17-6-4-14(5-7-17)10-11-22/h1-3,8-9,12-14,17H,4-7,10H2,(H,24,25). The van der Waals surface area contributed by atoms with Crippen LogP contribution in [0.5, 0.6) is 0 Å². The fraction of sp³-hybridized carbons (Fsp3) is 0.350. The largest absolute Gasteiger partial charge is 0.366 e. The Kier molecular flexibility index (Phi) is 4.77. The highest BCUT2D eigenvalue weighted by atomic mass is 35.5. The number of benzene rings is 1. The van der Waals surface area contributed by atoms with Gasteiger partial charge in [-0.15, -0.1) is 5.10 Å². The lowest BCUT2D eigenvalue weighted by molar-refractivity contribution is 0.342. The molecule has 0 amide bonds. The van der Waals surface area contributed by atoms with Crippen molar-refractivity contribution < 1.29 is 0 Å². The maximum Gasteiger partial charge on any atom is 0.154 e. The van der Waals surface area contributed by atoms with Gasteiger partial charge >= 0.3 is 0 Å². The normalized spacial score (nSPS) is 20.0. The van der Waals surface area contributed by atoms with Gasteiger partial charge < -0.3 is 5.32 Å². The van der Waals surface area contributed by atoms with E-state index < -0.39 is 0 Å². The molecule has 3 aromatic rings. The average Bonchev–Trinajstić information content (AvgIpc) is 3.07. The molecule has 1 N–H and O–H groups in total. The van der Waals surface area contributed by atoms with E-state index in [2.05, 4.69) is 16.4 Å². The summed E-state index contributed by atoms with van der Waals surface area (Å²) in [7, 11) is 0. The molecular weight excluding hydrogens is 346 g/mol. The van der Waals surface area contributed by atoms with Crippen LogP contribution in [0.1, 0.15) is 32.1 Å². The summed E-state index contributed by atoms with van der Waals surface area (Å²) in [5.41, 5.74) is 2.72. The maximum atomic E-state index is 8.84. The molecule has 0 aliphatic heterocycles. The molecule has 1 fully saturated rings. The van der Waals surface area contributed by atoms with Crippen molar-refractivity contribution in [3.8, 4) is 17.3 Å². The second-order valence-corrected chi connectivity index (χ2v) is 7.30. The molecule has 1 aliphatic rings. The summed E-state index contributed by atoms with van der Waals surface area (Å²) in [5, 5.41) is 17.8. The minimum Gasteiger partial charge on any atom is -0.366 e. The van der Waals surface area contributed by atoms with Crippen molar-refractivity contribution in [3.05, 3.63) is 47.6 Å². The molecule has 1 aromatic carbocycles. The number of halogens is 1. The van der Waals surface area contributed by atoms with Crippen LogP contribution in [0.3, 0.4) is 0 Å². The second kappa shape index (κ2) is 7.35. The first-order valence-corrected chi connectivity index (χ1v) is 9.35. The van der Waals surface area contributed by atoms with Crippen LogP contribution in [0.4, 0.5) is 5.82 Å². The van der Waals surface area contributed by atoms with Crippen LogP contribution in [-0.4, -0.2) is 20.6 Å². The number of nitriles is 1. The van der Waals surface area contributed by atoms with E-state index in [-0.39, 0.29) is 0 Å². The molecule has 2 heterocycles. The van der Waals surface area contributed by atoms with Crippen LogP contribution in [-0.2, 0) is 0 Å². The minimum absolute atomic E-state index is 0.410. The molecule has 6 heteroatoms. The molecule has 26 heavy (non-hydrogen) atoms. The molecule has 0 spiro atoms. The monoisotopic (exact) mass is 365 g/mol. The van der Waals surface area contributed by atoms with Gasteiger partial charge in [0.05, 0.1) is 18.0 Å². The first-order chi connectivity index (χ1) is 12.7. The van der Waals surface area contributed by atoms with Crippen molar-refractivity contribution in [2.45, 2.75) is 38.1 Å². The highest BCUT2D eigenvalue weighted by Crippen LogP contribution is 2.28. The lowest BCUT2D eigenvalue weighted by Crippen LogP contribution is -2.26. The topological polar surface area (TPSA) is 66.0 Å². The SMILES string of the molecule is N#CCC1CCC(Nc2ccc3ncc(-c4cccc(Cl)c4)n3n2)CC1. The Morgan fingerprint density at radius 3 is 2.81 bits per heavy atom. The Morgan fingerprint density at radius 2 is 2.04 bits per heavy atom. The number of rotatable bonds is 4. The second-order valence-electron chi connectivity index (χ2n) is 6.87. The fourth-order valence-corrected chi connectivity index (χ4v) is 3.83. The van der Waals surface area contributed by atoms with Crippen molar-refractivity contribution in [2.24, 2.45) is 5.92 Å². The molecule has 0 bridgehead atoms. The van der Waals surface area contributed by atoms with E-state index in [1.807, 2.05) is 47.1 Å². The Balaban J connectivity index is 1.54. The zero-order chi connectivity index (χ0) is 17.9. The first-order valence-electron chi connectivity index (χ1n) is 8.97. The molecule has 0 radical (unpaired) electrons.